The van der Waals surface area contributed by atoms with Gasteiger partial charge in [-0.3, -0.25) is 4.79 Å². The summed E-state index contributed by atoms with van der Waals surface area (Å²) in [5.41, 5.74) is 0. The lowest BCUT2D eigenvalue weighted by atomic mass is 10.0. The molecule has 1 N–H and O–H groups in total. The van der Waals surface area contributed by atoms with Gasteiger partial charge in [-0.2, -0.15) is 0 Å². The Morgan fingerprint density at radius 1 is 0.760 bits per heavy atom. The molecular formula is C20H38O4S. The fourth-order valence-corrected chi connectivity index (χ4v) is 5.73. The fraction of sp³-hybridized carbons (Fsp3) is 0.950. The number of carboxylic acids is 1. The van der Waals surface area contributed by atoms with Crippen molar-refractivity contribution in [1.82, 2.24) is 0 Å². The Labute approximate surface area is 154 Å². The third kappa shape index (κ3) is 11.6. The van der Waals surface area contributed by atoms with Crippen LogP contribution in [0.2, 0.25) is 0 Å². The predicted molar refractivity (Wildman–Crippen MR) is 104 cm³/mol. The van der Waals surface area contributed by atoms with Crippen LogP contribution in [0.3, 0.4) is 0 Å². The quantitative estimate of drug-likeness (QED) is 0.362. The Balaban J connectivity index is 1.75. The third-order valence-electron chi connectivity index (χ3n) is 5.38. The van der Waals surface area contributed by atoms with E-state index in [0.717, 1.165) is 38.5 Å². The van der Waals surface area contributed by atoms with Crippen LogP contribution < -0.4 is 0 Å². The van der Waals surface area contributed by atoms with Crippen molar-refractivity contribution in [3.05, 3.63) is 0 Å². The molecule has 0 aliphatic carbocycles. The summed E-state index contributed by atoms with van der Waals surface area (Å²) >= 11 is 0. The van der Waals surface area contributed by atoms with Crippen LogP contribution in [0.4, 0.5) is 0 Å². The maximum absolute atomic E-state index is 11.7. The minimum absolute atomic E-state index is 0.0309. The van der Waals surface area contributed by atoms with E-state index >= 15 is 0 Å². The fourth-order valence-electron chi connectivity index (χ4n) is 3.78. The van der Waals surface area contributed by atoms with Gasteiger partial charge in [0.25, 0.3) is 0 Å². The molecule has 4 nitrogen and oxygen atoms in total. The van der Waals surface area contributed by atoms with Gasteiger partial charge in [-0.15, -0.1) is 0 Å². The van der Waals surface area contributed by atoms with Crippen LogP contribution in [-0.2, 0) is 14.6 Å². The maximum atomic E-state index is 11.7. The summed E-state index contributed by atoms with van der Waals surface area (Å²) < 4.78 is 23.5. The molecule has 0 bridgehead atoms. The second-order valence-electron chi connectivity index (χ2n) is 7.66. The molecule has 0 spiro atoms. The summed E-state index contributed by atoms with van der Waals surface area (Å²) in [6.45, 7) is 0. The van der Waals surface area contributed by atoms with Crippen molar-refractivity contribution in [2.45, 2.75) is 114 Å². The first-order valence-electron chi connectivity index (χ1n) is 10.5. The van der Waals surface area contributed by atoms with Gasteiger partial charge >= 0.3 is 5.97 Å². The average Bonchev–Trinajstić information content (AvgIpc) is 2.89. The first-order valence-corrected chi connectivity index (χ1v) is 12.2. The zero-order valence-electron chi connectivity index (χ0n) is 15.9. The lowest BCUT2D eigenvalue weighted by Crippen LogP contribution is -2.15. The van der Waals surface area contributed by atoms with Crippen molar-refractivity contribution >= 4 is 15.8 Å². The lowest BCUT2D eigenvalue weighted by molar-refractivity contribution is -0.137. The standard InChI is InChI=1S/C20H38O4S/c21-20(22)17-13-11-9-7-5-3-1-2-4-6-8-10-12-15-19-16-14-18-25(19,23)24/h19H,1-18H2,(H,21,22). The summed E-state index contributed by atoms with van der Waals surface area (Å²) in [4.78, 5) is 10.4. The van der Waals surface area contributed by atoms with Crippen molar-refractivity contribution in [3.63, 3.8) is 0 Å². The topological polar surface area (TPSA) is 71.4 Å². The number of hydrogen-bond donors (Lipinski definition) is 1. The largest absolute Gasteiger partial charge is 0.481 e. The highest BCUT2D eigenvalue weighted by Crippen LogP contribution is 2.25. The number of sulfone groups is 1. The van der Waals surface area contributed by atoms with Crippen LogP contribution >= 0.6 is 0 Å². The van der Waals surface area contributed by atoms with E-state index in [4.69, 9.17) is 5.11 Å². The molecule has 5 heteroatoms. The number of hydrogen-bond acceptors (Lipinski definition) is 3. The molecule has 1 aliphatic heterocycles. The Kier molecular flexibility index (Phi) is 12.2. The second-order valence-corrected chi connectivity index (χ2v) is 10.1. The molecule has 0 aromatic heterocycles. The van der Waals surface area contributed by atoms with Gasteiger partial charge < -0.3 is 5.11 Å². The van der Waals surface area contributed by atoms with Gasteiger partial charge in [-0.1, -0.05) is 77.0 Å². The highest BCUT2D eigenvalue weighted by Gasteiger charge is 2.30. The molecule has 0 radical (unpaired) electrons. The van der Waals surface area contributed by atoms with E-state index in [9.17, 15) is 13.2 Å². The SMILES string of the molecule is O=C(O)CCCCCCCCCCCCCCCC1CCCS1(=O)=O. The van der Waals surface area contributed by atoms with Gasteiger partial charge in [0, 0.05) is 6.42 Å². The molecule has 1 unspecified atom stereocenters. The summed E-state index contributed by atoms with van der Waals surface area (Å²) in [5.74, 6) is -0.261. The monoisotopic (exact) mass is 374 g/mol. The first kappa shape index (κ1) is 22.5. The molecule has 1 fully saturated rings. The van der Waals surface area contributed by atoms with E-state index in [2.05, 4.69) is 0 Å². The number of aliphatic carboxylic acids is 1. The molecule has 1 heterocycles. The number of carboxylic acid groups (broad SMARTS) is 1. The van der Waals surface area contributed by atoms with E-state index in [1.165, 1.54) is 64.2 Å². The third-order valence-corrected chi connectivity index (χ3v) is 7.72. The predicted octanol–water partition coefficient (Wildman–Crippen LogP) is 5.50. The molecule has 0 aromatic rings. The molecule has 0 amide bonds. The highest BCUT2D eigenvalue weighted by molar-refractivity contribution is 7.92. The van der Waals surface area contributed by atoms with Crippen LogP contribution in [0.25, 0.3) is 0 Å². The minimum Gasteiger partial charge on any atom is -0.481 e. The van der Waals surface area contributed by atoms with Gasteiger partial charge in [0.1, 0.15) is 0 Å². The van der Waals surface area contributed by atoms with Gasteiger partial charge in [0.2, 0.25) is 0 Å². The van der Waals surface area contributed by atoms with Crippen molar-refractivity contribution in [2.75, 3.05) is 5.75 Å². The number of carbonyl (C=O) groups is 1. The lowest BCUT2D eigenvalue weighted by Gasteiger charge is -2.08. The van der Waals surface area contributed by atoms with Crippen LogP contribution in [0.1, 0.15) is 109 Å². The second kappa shape index (κ2) is 13.6. The molecule has 1 aliphatic rings. The molecule has 1 saturated heterocycles. The highest BCUT2D eigenvalue weighted by atomic mass is 32.2. The summed E-state index contributed by atoms with van der Waals surface area (Å²) in [6, 6.07) is 0. The molecule has 1 atom stereocenters. The van der Waals surface area contributed by atoms with Crippen molar-refractivity contribution < 1.29 is 18.3 Å². The Bertz CT molecular complexity index is 445. The molecular weight excluding hydrogens is 336 g/mol. The first-order chi connectivity index (χ1) is 12.0. The van der Waals surface area contributed by atoms with Gasteiger partial charge in [-0.25, -0.2) is 8.42 Å². The van der Waals surface area contributed by atoms with Crippen LogP contribution in [0, 0.1) is 0 Å². The molecule has 25 heavy (non-hydrogen) atoms. The van der Waals surface area contributed by atoms with E-state index in [1.54, 1.807) is 0 Å². The zero-order chi connectivity index (χ0) is 18.4. The van der Waals surface area contributed by atoms with E-state index < -0.39 is 15.8 Å². The van der Waals surface area contributed by atoms with Crippen molar-refractivity contribution in [2.24, 2.45) is 0 Å². The van der Waals surface area contributed by atoms with Crippen LogP contribution in [-0.4, -0.2) is 30.5 Å². The van der Waals surface area contributed by atoms with Crippen molar-refractivity contribution in [3.8, 4) is 0 Å². The molecule has 148 valence electrons. The number of rotatable bonds is 16. The van der Waals surface area contributed by atoms with Crippen LogP contribution in [0.15, 0.2) is 0 Å². The summed E-state index contributed by atoms with van der Waals surface area (Å²) in [5, 5.41) is 8.52. The normalized spacial score (nSPS) is 19.3. The smallest absolute Gasteiger partial charge is 0.303 e. The molecule has 0 aromatic carbocycles. The summed E-state index contributed by atoms with van der Waals surface area (Å²) in [7, 11) is -2.73. The molecule has 0 saturated carbocycles. The number of unbranched alkanes of at least 4 members (excludes halogenated alkanes) is 12. The summed E-state index contributed by atoms with van der Waals surface area (Å²) in [6.07, 6.45) is 18.6. The Hall–Kier alpha value is -0.580. The molecule has 1 rings (SSSR count). The minimum atomic E-state index is -2.73. The zero-order valence-corrected chi connectivity index (χ0v) is 16.7. The van der Waals surface area contributed by atoms with Crippen molar-refractivity contribution in [1.29, 1.82) is 0 Å². The Morgan fingerprint density at radius 2 is 1.20 bits per heavy atom. The van der Waals surface area contributed by atoms with E-state index in [1.807, 2.05) is 0 Å². The van der Waals surface area contributed by atoms with Gasteiger partial charge in [0.15, 0.2) is 9.84 Å². The van der Waals surface area contributed by atoms with E-state index in [0.29, 0.717) is 12.2 Å². The van der Waals surface area contributed by atoms with E-state index in [-0.39, 0.29) is 5.25 Å². The maximum Gasteiger partial charge on any atom is 0.303 e. The van der Waals surface area contributed by atoms with Gasteiger partial charge in [0.05, 0.1) is 11.0 Å². The van der Waals surface area contributed by atoms with Gasteiger partial charge in [-0.05, 0) is 25.7 Å². The average molecular weight is 375 g/mol. The van der Waals surface area contributed by atoms with Crippen LogP contribution in [0.5, 0.6) is 0 Å². The Morgan fingerprint density at radius 3 is 1.60 bits per heavy atom.